The number of nitrogens with zero attached hydrogens (tertiary/aromatic N) is 1. The number of hydrogen-bond donors (Lipinski definition) is 0. The minimum Gasteiger partial charge on any atom is -0.289 e. The van der Waals surface area contributed by atoms with Crippen LogP contribution in [-0.2, 0) is 0 Å². The molecule has 1 nitrogen and oxygen atoms in total. The Hall–Kier alpha value is -1.89. The molecule has 0 amide bonds. The van der Waals surface area contributed by atoms with Crippen molar-refractivity contribution in [1.29, 1.82) is 0 Å². The molecule has 0 bridgehead atoms. The van der Waals surface area contributed by atoms with Crippen LogP contribution in [0.3, 0.4) is 0 Å². The van der Waals surface area contributed by atoms with Crippen LogP contribution < -0.4 is 0 Å². The van der Waals surface area contributed by atoms with Gasteiger partial charge in [-0.1, -0.05) is 99.7 Å². The summed E-state index contributed by atoms with van der Waals surface area (Å²) in [5.41, 5.74) is 3.89. The summed E-state index contributed by atoms with van der Waals surface area (Å²) in [4.78, 5) is 4.87. The number of unbranched alkanes of at least 4 members (excludes halogenated alkanes) is 5. The van der Waals surface area contributed by atoms with Crippen LogP contribution >= 0.6 is 0 Å². The fraction of sp³-hybridized carbons (Fsp3) is 0.435. The van der Waals surface area contributed by atoms with Gasteiger partial charge in [0.1, 0.15) is 0 Å². The van der Waals surface area contributed by atoms with E-state index in [0.29, 0.717) is 0 Å². The third-order valence-corrected chi connectivity index (χ3v) is 4.39. The molecule has 24 heavy (non-hydrogen) atoms. The molecule has 0 unspecified atom stereocenters. The second-order valence-corrected chi connectivity index (χ2v) is 6.44. The molecule has 0 heterocycles. The molecule has 0 aromatic heterocycles. The number of rotatable bonds is 9. The Labute approximate surface area is 147 Å². The van der Waals surface area contributed by atoms with E-state index in [1.807, 2.05) is 0 Å². The average molecular weight is 322 g/mol. The molecule has 0 radical (unpaired) electrons. The summed E-state index contributed by atoms with van der Waals surface area (Å²) in [5.74, 6) is 0. The van der Waals surface area contributed by atoms with Crippen LogP contribution in [0.4, 0.5) is 0 Å². The van der Waals surface area contributed by atoms with Crippen molar-refractivity contribution < 1.29 is 0 Å². The zero-order valence-electron chi connectivity index (χ0n) is 15.1. The number of aliphatic imine (C=N–C) groups is 1. The summed E-state index contributed by atoms with van der Waals surface area (Å²) in [6.45, 7) is 3.25. The fourth-order valence-corrected chi connectivity index (χ4v) is 2.93. The topological polar surface area (TPSA) is 12.4 Å². The van der Waals surface area contributed by atoms with Crippen molar-refractivity contribution in [3.63, 3.8) is 0 Å². The van der Waals surface area contributed by atoms with E-state index >= 15 is 0 Å². The molecule has 1 aliphatic rings. The Morgan fingerprint density at radius 2 is 1.67 bits per heavy atom. The highest BCUT2D eigenvalue weighted by Crippen LogP contribution is 2.16. The smallest absolute Gasteiger partial charge is 0.0420 e. The molecule has 0 fully saturated rings. The van der Waals surface area contributed by atoms with Crippen LogP contribution in [0.1, 0.15) is 63.9 Å². The molecule has 0 aliphatic heterocycles. The van der Waals surface area contributed by atoms with E-state index < -0.39 is 0 Å². The number of hydrogen-bond acceptors (Lipinski definition) is 1. The zero-order valence-corrected chi connectivity index (χ0v) is 15.1. The largest absolute Gasteiger partial charge is 0.289 e. The number of benzene rings is 1. The second-order valence-electron chi connectivity index (χ2n) is 6.44. The van der Waals surface area contributed by atoms with Crippen LogP contribution in [0.25, 0.3) is 6.08 Å². The van der Waals surface area contributed by atoms with E-state index in [9.17, 15) is 0 Å². The van der Waals surface area contributed by atoms with Crippen molar-refractivity contribution in [1.82, 2.24) is 0 Å². The number of allylic oxidation sites excluding steroid dienone is 5. The molecule has 1 heteroatoms. The van der Waals surface area contributed by atoms with Gasteiger partial charge in [0.2, 0.25) is 0 Å². The first kappa shape index (κ1) is 18.4. The zero-order chi connectivity index (χ0) is 16.9. The van der Waals surface area contributed by atoms with E-state index in [2.05, 4.69) is 67.6 Å². The van der Waals surface area contributed by atoms with Crippen LogP contribution in [0, 0.1) is 0 Å². The molecule has 0 spiro atoms. The van der Waals surface area contributed by atoms with E-state index in [1.54, 1.807) is 0 Å². The lowest BCUT2D eigenvalue weighted by Gasteiger charge is -2.12. The van der Waals surface area contributed by atoms with Gasteiger partial charge >= 0.3 is 0 Å². The molecule has 0 N–H and O–H groups in total. The first-order chi connectivity index (χ1) is 11.9. The first-order valence-electron chi connectivity index (χ1n) is 9.51. The van der Waals surface area contributed by atoms with Crippen molar-refractivity contribution in [2.75, 3.05) is 6.54 Å². The molecule has 2 rings (SSSR count). The molecule has 0 saturated carbocycles. The van der Waals surface area contributed by atoms with E-state index in [1.165, 1.54) is 55.4 Å². The van der Waals surface area contributed by atoms with Gasteiger partial charge < -0.3 is 0 Å². The lowest BCUT2D eigenvalue weighted by molar-refractivity contribution is 0.612. The van der Waals surface area contributed by atoms with Crippen LogP contribution in [-0.4, -0.2) is 12.3 Å². The quantitative estimate of drug-likeness (QED) is 0.351. The Morgan fingerprint density at radius 1 is 0.917 bits per heavy atom. The lowest BCUT2D eigenvalue weighted by Crippen LogP contribution is -2.06. The SMILES string of the molecule is CCCCCCCCN=C1CC=CCC1=CC=Cc1ccccc1. The van der Waals surface area contributed by atoms with Gasteiger partial charge in [-0.25, -0.2) is 0 Å². The van der Waals surface area contributed by atoms with E-state index in [-0.39, 0.29) is 0 Å². The Morgan fingerprint density at radius 3 is 2.50 bits per heavy atom. The van der Waals surface area contributed by atoms with Crippen LogP contribution in [0.5, 0.6) is 0 Å². The highest BCUT2D eigenvalue weighted by molar-refractivity contribution is 6.02. The minimum atomic E-state index is 0.981. The van der Waals surface area contributed by atoms with Crippen molar-refractivity contribution in [3.05, 3.63) is 65.8 Å². The standard InChI is InChI=1S/C23H31N/c1-2-3-4-5-6-12-20-24-23-19-11-10-17-22(23)18-13-16-21-14-8-7-9-15-21/h7-11,13-16,18H,2-6,12,17,19-20H2,1H3. The molecule has 128 valence electrons. The lowest BCUT2D eigenvalue weighted by atomic mass is 9.98. The van der Waals surface area contributed by atoms with Crippen molar-refractivity contribution in [2.45, 2.75) is 58.3 Å². The normalized spacial score (nSPS) is 18.0. The van der Waals surface area contributed by atoms with Gasteiger partial charge in [-0.05, 0) is 24.0 Å². The summed E-state index contributed by atoms with van der Waals surface area (Å²) < 4.78 is 0. The maximum atomic E-state index is 4.87. The highest BCUT2D eigenvalue weighted by Gasteiger charge is 2.07. The van der Waals surface area contributed by atoms with Gasteiger partial charge in [-0.2, -0.15) is 0 Å². The molecular weight excluding hydrogens is 290 g/mol. The van der Waals surface area contributed by atoms with Gasteiger partial charge in [0.25, 0.3) is 0 Å². The third kappa shape index (κ3) is 7.12. The van der Waals surface area contributed by atoms with Crippen LogP contribution in [0.15, 0.2) is 65.2 Å². The highest BCUT2D eigenvalue weighted by atomic mass is 14.7. The fourth-order valence-electron chi connectivity index (χ4n) is 2.93. The predicted octanol–water partition coefficient (Wildman–Crippen LogP) is 6.78. The van der Waals surface area contributed by atoms with E-state index in [0.717, 1.165) is 19.4 Å². The summed E-state index contributed by atoms with van der Waals surface area (Å²) in [6.07, 6.45) is 21.0. The van der Waals surface area contributed by atoms with Crippen molar-refractivity contribution in [2.24, 2.45) is 4.99 Å². The molecule has 1 aromatic rings. The monoisotopic (exact) mass is 321 g/mol. The Bertz CT molecular complexity index is 575. The first-order valence-corrected chi connectivity index (χ1v) is 9.51. The molecule has 1 aromatic carbocycles. The van der Waals surface area contributed by atoms with Gasteiger partial charge in [0.15, 0.2) is 0 Å². The maximum Gasteiger partial charge on any atom is 0.0420 e. The molecular formula is C23H31N. The average Bonchev–Trinajstić information content (AvgIpc) is 2.63. The van der Waals surface area contributed by atoms with Crippen molar-refractivity contribution >= 4 is 11.8 Å². The summed E-state index contributed by atoms with van der Waals surface area (Å²) in [5, 5.41) is 0. The second kappa shape index (κ2) is 11.6. The van der Waals surface area contributed by atoms with Crippen molar-refractivity contribution in [3.8, 4) is 0 Å². The molecule has 0 atom stereocenters. The molecule has 0 saturated heterocycles. The third-order valence-electron chi connectivity index (χ3n) is 4.39. The summed E-state index contributed by atoms with van der Waals surface area (Å²) in [7, 11) is 0. The maximum absolute atomic E-state index is 4.87. The summed E-state index contributed by atoms with van der Waals surface area (Å²) >= 11 is 0. The molecule has 1 aliphatic carbocycles. The minimum absolute atomic E-state index is 0.981. The van der Waals surface area contributed by atoms with Gasteiger partial charge in [0.05, 0.1) is 0 Å². The van der Waals surface area contributed by atoms with Crippen LogP contribution in [0.2, 0.25) is 0 Å². The summed E-state index contributed by atoms with van der Waals surface area (Å²) in [6, 6.07) is 10.5. The Balaban J connectivity index is 1.83. The van der Waals surface area contributed by atoms with E-state index in [4.69, 9.17) is 4.99 Å². The Kier molecular flexibility index (Phi) is 8.93. The predicted molar refractivity (Wildman–Crippen MR) is 108 cm³/mol. The van der Waals surface area contributed by atoms with Gasteiger partial charge in [-0.3, -0.25) is 4.99 Å². The van der Waals surface area contributed by atoms with Gasteiger partial charge in [-0.15, -0.1) is 0 Å². The van der Waals surface area contributed by atoms with Gasteiger partial charge in [0, 0.05) is 18.7 Å².